The van der Waals surface area contributed by atoms with Crippen molar-refractivity contribution in [2.75, 3.05) is 52.5 Å². The Kier molecular flexibility index (Phi) is 15.4. The van der Waals surface area contributed by atoms with Gasteiger partial charge in [-0.1, -0.05) is 74.8 Å². The SMILES string of the molecule is CC1c2c(cc(F)c(Cl)c2-c2c(C(N)=O)ccc(OCCO)c2F)OC1(CNC1CCC(C(=O)N2CCC(C(C)(C)CN3CCC(c4ccc5c(C6CCC(=O)NC6=O)nn(C)c5c4)CC3)CC2)CC1)c1ccccc1. The monoisotopic (exact) mass is 1060 g/mol. The Morgan fingerprint density at radius 2 is 1.67 bits per heavy atom. The number of nitrogens with two attached hydrogens (primary N) is 1. The van der Waals surface area contributed by atoms with Crippen LogP contribution < -0.4 is 25.8 Å². The van der Waals surface area contributed by atoms with E-state index in [0.717, 1.165) is 106 Å². The van der Waals surface area contributed by atoms with Crippen LogP contribution in [0, 0.1) is 28.9 Å². The number of aryl methyl sites for hydroxylation is 1. The summed E-state index contributed by atoms with van der Waals surface area (Å²) in [5.74, 6) is -3.17. The van der Waals surface area contributed by atoms with E-state index in [-0.39, 0.29) is 76.5 Å². The van der Waals surface area contributed by atoms with E-state index >= 15 is 8.78 Å². The number of benzene rings is 4. The van der Waals surface area contributed by atoms with Crippen LogP contribution in [0.2, 0.25) is 5.02 Å². The van der Waals surface area contributed by atoms with Crippen molar-refractivity contribution in [2.24, 2.45) is 30.0 Å². The zero-order valence-corrected chi connectivity index (χ0v) is 44.7. The average Bonchev–Trinajstić information content (AvgIpc) is 3.99. The van der Waals surface area contributed by atoms with Gasteiger partial charge in [0, 0.05) is 85.7 Å². The molecule has 10 rings (SSSR count). The minimum Gasteiger partial charge on any atom is -0.488 e. The molecular formula is C59H70ClF2N7O7. The number of hydrogen-bond donors (Lipinski definition) is 4. The van der Waals surface area contributed by atoms with E-state index in [1.54, 1.807) is 0 Å². The summed E-state index contributed by atoms with van der Waals surface area (Å²) in [5.41, 5.74) is 8.49. The highest BCUT2D eigenvalue weighted by atomic mass is 35.5. The Morgan fingerprint density at radius 1 is 0.947 bits per heavy atom. The second-order valence-corrected chi connectivity index (χ2v) is 23.0. The third-order valence-electron chi connectivity index (χ3n) is 17.7. The second-order valence-electron chi connectivity index (χ2n) is 22.6. The van der Waals surface area contributed by atoms with Crippen LogP contribution in [0.3, 0.4) is 0 Å². The summed E-state index contributed by atoms with van der Waals surface area (Å²) in [5, 5.41) is 21.0. The number of fused-ring (bicyclic) bond motifs is 2. The van der Waals surface area contributed by atoms with Crippen LogP contribution in [0.5, 0.6) is 11.5 Å². The van der Waals surface area contributed by atoms with Crippen molar-refractivity contribution < 1.29 is 42.5 Å². The van der Waals surface area contributed by atoms with Crippen molar-refractivity contribution in [1.29, 1.82) is 0 Å². The number of halogens is 3. The first kappa shape index (κ1) is 53.5. The number of ether oxygens (including phenoxy) is 2. The van der Waals surface area contributed by atoms with E-state index in [9.17, 15) is 24.3 Å². The maximum atomic E-state index is 16.5. The van der Waals surface area contributed by atoms with Crippen molar-refractivity contribution in [3.63, 3.8) is 0 Å². The molecule has 5 aliphatic rings. The molecule has 4 aromatic carbocycles. The first-order valence-electron chi connectivity index (χ1n) is 27.2. The lowest BCUT2D eigenvalue weighted by atomic mass is 9.72. The van der Waals surface area contributed by atoms with E-state index in [4.69, 9.17) is 31.9 Å². The number of carbonyl (C=O) groups excluding carboxylic acids is 4. The zero-order valence-electron chi connectivity index (χ0n) is 43.9. The van der Waals surface area contributed by atoms with Crippen LogP contribution in [0.15, 0.2) is 66.7 Å². The molecule has 1 saturated carbocycles. The number of nitrogens with zero attached hydrogens (tertiary/aromatic N) is 4. The number of piperidine rings is 3. The molecule has 3 unspecified atom stereocenters. The summed E-state index contributed by atoms with van der Waals surface area (Å²) in [6.07, 6.45) is 7.97. The first-order valence-corrected chi connectivity index (χ1v) is 27.5. The molecule has 4 amide bonds. The molecule has 0 radical (unpaired) electrons. The lowest BCUT2D eigenvalue weighted by molar-refractivity contribution is -0.139. The smallest absolute Gasteiger partial charge is 0.249 e. The standard InChI is InChI=1S/C59H70ClF2N7O7/c1-34-49-47(31-44(61)52(60)51(49)50-42(55(63)72)16-18-46(53(50)62)75-29-28-70)76-59(34,39-8-6-5-7-9-39)32-64-40-13-10-36(11-14-40)57(74)69-26-22-38(23-27-69)58(2,3)33-68-24-20-35(21-25-68)37-12-15-41-45(30-37)67(4)66-54(41)43-17-19-48(71)65-56(43)73/h5-9,12,15-16,18,30-31,34-36,38,40,43,64,70H,10-11,13-14,17,19-29,32-33H2,1-4H3,(H2,63,72)(H,65,71,73). The number of aromatic nitrogens is 2. The number of hydrogen-bond acceptors (Lipinski definition) is 10. The van der Waals surface area contributed by atoms with E-state index in [2.05, 4.69) is 52.5 Å². The van der Waals surface area contributed by atoms with Gasteiger partial charge in [0.2, 0.25) is 23.6 Å². The van der Waals surface area contributed by atoms with Crippen molar-refractivity contribution in [2.45, 2.75) is 114 Å². The van der Waals surface area contributed by atoms with E-state index < -0.39 is 40.0 Å². The van der Waals surface area contributed by atoms with Gasteiger partial charge in [0.15, 0.2) is 17.2 Å². The van der Waals surface area contributed by atoms with Crippen LogP contribution >= 0.6 is 11.6 Å². The summed E-state index contributed by atoms with van der Waals surface area (Å²) in [7, 11) is 1.92. The van der Waals surface area contributed by atoms with Gasteiger partial charge in [-0.25, -0.2) is 8.78 Å². The number of aliphatic hydroxyl groups is 1. The molecule has 5 N–H and O–H groups in total. The average molecular weight is 1060 g/mol. The molecular weight excluding hydrogens is 992 g/mol. The number of primary amides is 1. The summed E-state index contributed by atoms with van der Waals surface area (Å²) in [6, 6.07) is 20.0. The fourth-order valence-corrected chi connectivity index (χ4v) is 13.6. The topological polar surface area (TPSA) is 181 Å². The molecule has 0 spiro atoms. The Morgan fingerprint density at radius 3 is 2.36 bits per heavy atom. The molecule has 76 heavy (non-hydrogen) atoms. The van der Waals surface area contributed by atoms with Crippen LogP contribution in [0.25, 0.3) is 22.0 Å². The molecule has 5 heterocycles. The van der Waals surface area contributed by atoms with Crippen molar-refractivity contribution >= 4 is 46.1 Å². The first-order chi connectivity index (χ1) is 36.5. The van der Waals surface area contributed by atoms with Crippen molar-refractivity contribution in [3.05, 3.63) is 111 Å². The largest absolute Gasteiger partial charge is 0.488 e. The molecule has 3 atom stereocenters. The van der Waals surface area contributed by atoms with E-state index in [1.807, 2.05) is 49.0 Å². The summed E-state index contributed by atoms with van der Waals surface area (Å²) in [4.78, 5) is 56.1. The van der Waals surface area contributed by atoms with Crippen LogP contribution in [-0.2, 0) is 27.0 Å². The minimum atomic E-state index is -1.10. The predicted molar refractivity (Wildman–Crippen MR) is 286 cm³/mol. The third-order valence-corrected chi connectivity index (χ3v) is 18.1. The summed E-state index contributed by atoms with van der Waals surface area (Å²) in [6.45, 7) is 11.0. The molecule has 17 heteroatoms. The third kappa shape index (κ3) is 10.2. The van der Waals surface area contributed by atoms with Gasteiger partial charge in [0.05, 0.1) is 34.3 Å². The van der Waals surface area contributed by atoms with Gasteiger partial charge >= 0.3 is 0 Å². The number of likely N-dealkylation sites (tertiary alicyclic amines) is 2. The summed E-state index contributed by atoms with van der Waals surface area (Å²) < 4.78 is 46.6. The van der Waals surface area contributed by atoms with Crippen LogP contribution in [0.4, 0.5) is 8.78 Å². The highest BCUT2D eigenvalue weighted by Gasteiger charge is 2.50. The van der Waals surface area contributed by atoms with Gasteiger partial charge in [-0.2, -0.15) is 5.10 Å². The maximum absolute atomic E-state index is 16.5. The normalized spacial score (nSPS) is 23.9. The number of carbonyl (C=O) groups is 4. The Balaban J connectivity index is 0.732. The lowest BCUT2D eigenvalue weighted by Gasteiger charge is -2.45. The Hall–Kier alpha value is -5.94. The fourth-order valence-electron chi connectivity index (χ4n) is 13.4. The van der Waals surface area contributed by atoms with Gasteiger partial charge in [-0.15, -0.1) is 0 Å². The number of imide groups is 1. The van der Waals surface area contributed by atoms with Gasteiger partial charge < -0.3 is 35.4 Å². The van der Waals surface area contributed by atoms with Crippen LogP contribution in [-0.4, -0.2) is 107 Å². The number of rotatable bonds is 15. The molecule has 1 aliphatic carbocycles. The molecule has 404 valence electrons. The molecule has 1 aromatic heterocycles. The van der Waals surface area contributed by atoms with Crippen molar-refractivity contribution in [3.8, 4) is 22.6 Å². The van der Waals surface area contributed by atoms with Crippen molar-refractivity contribution in [1.82, 2.24) is 30.2 Å². The second kappa shape index (κ2) is 21.8. The molecule has 4 fully saturated rings. The molecule has 3 saturated heterocycles. The van der Waals surface area contributed by atoms with E-state index in [0.29, 0.717) is 36.8 Å². The fraction of sp³-hybridized carbons (Fsp3) is 0.508. The minimum absolute atomic E-state index is 0.0476. The van der Waals surface area contributed by atoms with Crippen LogP contribution in [0.1, 0.15) is 135 Å². The number of aliphatic hydroxyl groups excluding tert-OH is 1. The highest BCUT2D eigenvalue weighted by molar-refractivity contribution is 6.34. The molecule has 4 aliphatic heterocycles. The van der Waals surface area contributed by atoms with Gasteiger partial charge in [-0.05, 0) is 117 Å². The molecule has 0 bridgehead atoms. The molecule has 5 aromatic rings. The zero-order chi connectivity index (χ0) is 53.6. The van der Waals surface area contributed by atoms with Gasteiger partial charge in [-0.3, -0.25) is 29.2 Å². The quantitative estimate of drug-likeness (QED) is 0.0740. The molecule has 14 nitrogen and oxygen atoms in total. The van der Waals surface area contributed by atoms with E-state index in [1.165, 1.54) is 23.8 Å². The summed E-state index contributed by atoms with van der Waals surface area (Å²) >= 11 is 6.74. The Bertz CT molecular complexity index is 3020. The number of amides is 4. The lowest BCUT2D eigenvalue weighted by Crippen LogP contribution is -2.50. The maximum Gasteiger partial charge on any atom is 0.249 e. The van der Waals surface area contributed by atoms with Gasteiger partial charge in [0.25, 0.3) is 0 Å². The van der Waals surface area contributed by atoms with Gasteiger partial charge in [0.1, 0.15) is 18.2 Å². The predicted octanol–water partition coefficient (Wildman–Crippen LogP) is 8.85. The Labute approximate surface area is 448 Å². The highest BCUT2D eigenvalue weighted by Crippen LogP contribution is 2.57. The number of nitrogens with one attached hydrogen (secondary N) is 2.